The number of fused-ring (bicyclic) bond motifs is 1. The van der Waals surface area contributed by atoms with E-state index in [1.165, 1.54) is 10.9 Å². The van der Waals surface area contributed by atoms with Crippen LogP contribution in [0.3, 0.4) is 0 Å². The third-order valence-electron chi connectivity index (χ3n) is 3.71. The lowest BCUT2D eigenvalue weighted by atomic mass is 10.0. The number of aromatic nitrogens is 3. The van der Waals surface area contributed by atoms with Gasteiger partial charge in [-0.05, 0) is 25.5 Å². The van der Waals surface area contributed by atoms with Crippen LogP contribution in [0.4, 0.5) is 0 Å². The molecule has 0 radical (unpaired) electrons. The summed E-state index contributed by atoms with van der Waals surface area (Å²) in [7, 11) is 1.97. The number of nitrogens with zero attached hydrogens (tertiary/aromatic N) is 2. The van der Waals surface area contributed by atoms with Crippen molar-refractivity contribution in [2.75, 3.05) is 0 Å². The van der Waals surface area contributed by atoms with Crippen LogP contribution in [-0.2, 0) is 13.6 Å². The molecule has 0 aliphatic heterocycles. The molecule has 2 aromatic heterocycles. The maximum Gasteiger partial charge on any atom is 0.0795 e. The Morgan fingerprint density at radius 2 is 2.00 bits per heavy atom. The van der Waals surface area contributed by atoms with E-state index < -0.39 is 0 Å². The van der Waals surface area contributed by atoms with Crippen LogP contribution >= 0.6 is 0 Å². The number of hydrogen-bond donors (Lipinski definition) is 2. The molecular formula is C15H18N4. The van der Waals surface area contributed by atoms with Gasteiger partial charge in [-0.2, -0.15) is 5.10 Å². The van der Waals surface area contributed by atoms with Crippen LogP contribution in [0.25, 0.3) is 22.2 Å². The monoisotopic (exact) mass is 254 g/mol. The molecule has 4 heteroatoms. The number of nitrogens with two attached hydrogens (primary N) is 1. The molecule has 1 aromatic carbocycles. The quantitative estimate of drug-likeness (QED) is 0.738. The van der Waals surface area contributed by atoms with Gasteiger partial charge < -0.3 is 10.7 Å². The minimum Gasteiger partial charge on any atom is -0.358 e. The first-order valence-electron chi connectivity index (χ1n) is 6.43. The standard InChI is InChI=1S/C15H18N4/c1-9-13(8-16)18-19(3)15(9)14-10(2)17-12-7-5-4-6-11(12)14/h4-7,17H,8,16H2,1-3H3. The number of H-pyrrole nitrogens is 1. The Morgan fingerprint density at radius 1 is 1.26 bits per heavy atom. The summed E-state index contributed by atoms with van der Waals surface area (Å²) < 4.78 is 1.93. The van der Waals surface area contributed by atoms with Gasteiger partial charge in [-0.25, -0.2) is 0 Å². The van der Waals surface area contributed by atoms with Crippen LogP contribution in [0, 0.1) is 13.8 Å². The summed E-state index contributed by atoms with van der Waals surface area (Å²) >= 11 is 0. The molecule has 0 unspecified atom stereocenters. The van der Waals surface area contributed by atoms with E-state index in [4.69, 9.17) is 5.73 Å². The SMILES string of the molecule is Cc1[nH]c2ccccc2c1-c1c(C)c(CN)nn1C. The highest BCUT2D eigenvalue weighted by atomic mass is 15.3. The number of benzene rings is 1. The molecule has 0 amide bonds. The lowest BCUT2D eigenvalue weighted by Gasteiger charge is -2.04. The van der Waals surface area contributed by atoms with Gasteiger partial charge in [0.2, 0.25) is 0 Å². The maximum atomic E-state index is 5.75. The minimum absolute atomic E-state index is 0.473. The second-order valence-electron chi connectivity index (χ2n) is 4.92. The number of para-hydroxylation sites is 1. The van der Waals surface area contributed by atoms with Gasteiger partial charge in [0.15, 0.2) is 0 Å². The van der Waals surface area contributed by atoms with E-state index in [1.54, 1.807) is 0 Å². The molecule has 0 saturated heterocycles. The zero-order chi connectivity index (χ0) is 13.6. The number of aromatic amines is 1. The average molecular weight is 254 g/mol. The van der Waals surface area contributed by atoms with Crippen molar-refractivity contribution in [2.24, 2.45) is 12.8 Å². The molecule has 0 aliphatic carbocycles. The van der Waals surface area contributed by atoms with Crippen LogP contribution in [0.15, 0.2) is 24.3 Å². The summed E-state index contributed by atoms with van der Waals surface area (Å²) in [6.07, 6.45) is 0. The molecular weight excluding hydrogens is 236 g/mol. The Bertz CT molecular complexity index is 749. The fourth-order valence-electron chi connectivity index (χ4n) is 2.81. The summed E-state index contributed by atoms with van der Waals surface area (Å²) in [5.41, 5.74) is 12.6. The average Bonchev–Trinajstić information content (AvgIpc) is 2.86. The van der Waals surface area contributed by atoms with Crippen molar-refractivity contribution < 1.29 is 0 Å². The summed E-state index contributed by atoms with van der Waals surface area (Å²) in [6, 6.07) is 8.35. The summed E-state index contributed by atoms with van der Waals surface area (Å²) in [6.45, 7) is 4.66. The van der Waals surface area contributed by atoms with E-state index >= 15 is 0 Å². The second-order valence-corrected chi connectivity index (χ2v) is 4.92. The first-order valence-corrected chi connectivity index (χ1v) is 6.43. The van der Waals surface area contributed by atoms with Crippen molar-refractivity contribution in [3.05, 3.63) is 41.2 Å². The predicted molar refractivity (Wildman–Crippen MR) is 77.9 cm³/mol. The Labute approximate surface area is 112 Å². The fraction of sp³-hybridized carbons (Fsp3) is 0.267. The molecule has 3 rings (SSSR count). The van der Waals surface area contributed by atoms with Crippen LogP contribution in [0.2, 0.25) is 0 Å². The van der Waals surface area contributed by atoms with Crippen molar-refractivity contribution in [1.29, 1.82) is 0 Å². The molecule has 3 N–H and O–H groups in total. The van der Waals surface area contributed by atoms with Crippen LogP contribution in [-0.4, -0.2) is 14.8 Å². The van der Waals surface area contributed by atoms with Gasteiger partial charge in [0.1, 0.15) is 0 Å². The summed E-state index contributed by atoms with van der Waals surface area (Å²) in [5, 5.41) is 5.74. The topological polar surface area (TPSA) is 59.6 Å². The van der Waals surface area contributed by atoms with Gasteiger partial charge in [-0.3, -0.25) is 4.68 Å². The zero-order valence-electron chi connectivity index (χ0n) is 11.5. The maximum absolute atomic E-state index is 5.75. The van der Waals surface area contributed by atoms with Gasteiger partial charge in [-0.15, -0.1) is 0 Å². The summed E-state index contributed by atoms with van der Waals surface area (Å²) in [4.78, 5) is 3.43. The number of nitrogens with one attached hydrogen (secondary N) is 1. The van der Waals surface area contributed by atoms with E-state index in [0.717, 1.165) is 28.2 Å². The number of rotatable bonds is 2. The van der Waals surface area contributed by atoms with E-state index in [0.29, 0.717) is 6.54 Å². The predicted octanol–water partition coefficient (Wildman–Crippen LogP) is 2.64. The Balaban J connectivity index is 2.36. The van der Waals surface area contributed by atoms with Crippen LogP contribution in [0.1, 0.15) is 17.0 Å². The van der Waals surface area contributed by atoms with E-state index in [9.17, 15) is 0 Å². The Hall–Kier alpha value is -2.07. The molecule has 19 heavy (non-hydrogen) atoms. The van der Waals surface area contributed by atoms with Crippen molar-refractivity contribution in [3.63, 3.8) is 0 Å². The highest BCUT2D eigenvalue weighted by molar-refractivity contribution is 5.97. The van der Waals surface area contributed by atoms with E-state index in [-0.39, 0.29) is 0 Å². The lowest BCUT2D eigenvalue weighted by molar-refractivity contribution is 0.749. The van der Waals surface area contributed by atoms with Crippen LogP contribution in [0.5, 0.6) is 0 Å². The molecule has 0 saturated carbocycles. The Kier molecular flexibility index (Phi) is 2.68. The van der Waals surface area contributed by atoms with Crippen LogP contribution < -0.4 is 5.73 Å². The third kappa shape index (κ3) is 1.68. The van der Waals surface area contributed by atoms with Gasteiger partial charge in [0, 0.05) is 35.8 Å². The van der Waals surface area contributed by atoms with Crippen molar-refractivity contribution in [2.45, 2.75) is 20.4 Å². The smallest absolute Gasteiger partial charge is 0.0795 e. The molecule has 0 atom stereocenters. The van der Waals surface area contributed by atoms with Crippen molar-refractivity contribution in [1.82, 2.24) is 14.8 Å². The number of hydrogen-bond acceptors (Lipinski definition) is 2. The normalized spacial score (nSPS) is 11.4. The van der Waals surface area contributed by atoms with Gasteiger partial charge >= 0.3 is 0 Å². The fourth-order valence-corrected chi connectivity index (χ4v) is 2.81. The minimum atomic E-state index is 0.473. The highest BCUT2D eigenvalue weighted by Crippen LogP contribution is 2.34. The lowest BCUT2D eigenvalue weighted by Crippen LogP contribution is -1.99. The molecule has 3 aromatic rings. The molecule has 0 fully saturated rings. The van der Waals surface area contributed by atoms with Gasteiger partial charge in [0.25, 0.3) is 0 Å². The zero-order valence-corrected chi connectivity index (χ0v) is 11.5. The first-order chi connectivity index (χ1) is 9.13. The van der Waals surface area contributed by atoms with Gasteiger partial charge in [-0.1, -0.05) is 18.2 Å². The Morgan fingerprint density at radius 3 is 2.68 bits per heavy atom. The molecule has 4 nitrogen and oxygen atoms in total. The summed E-state index contributed by atoms with van der Waals surface area (Å²) in [5.74, 6) is 0. The molecule has 98 valence electrons. The van der Waals surface area contributed by atoms with Crippen molar-refractivity contribution >= 4 is 10.9 Å². The van der Waals surface area contributed by atoms with Gasteiger partial charge in [0.05, 0.1) is 11.4 Å². The molecule has 2 heterocycles. The molecule has 0 aliphatic rings. The molecule has 0 bridgehead atoms. The largest absolute Gasteiger partial charge is 0.358 e. The first kappa shape index (κ1) is 12.0. The third-order valence-corrected chi connectivity index (χ3v) is 3.71. The number of aryl methyl sites for hydroxylation is 2. The highest BCUT2D eigenvalue weighted by Gasteiger charge is 2.18. The van der Waals surface area contributed by atoms with E-state index in [2.05, 4.69) is 42.1 Å². The second kappa shape index (κ2) is 4.24. The molecule has 0 spiro atoms. The van der Waals surface area contributed by atoms with E-state index in [1.807, 2.05) is 17.8 Å². The van der Waals surface area contributed by atoms with Crippen molar-refractivity contribution in [3.8, 4) is 11.3 Å².